The predicted molar refractivity (Wildman–Crippen MR) is 603 cm³/mol. The van der Waals surface area contributed by atoms with Crippen molar-refractivity contribution in [2.75, 3.05) is 0 Å². The van der Waals surface area contributed by atoms with Crippen LogP contribution in [0.5, 0.6) is 0 Å². The molecule has 27 aromatic rings. The van der Waals surface area contributed by atoms with Gasteiger partial charge in [0.2, 0.25) is 0 Å². The molecular formula is C132H84N18. The molecule has 150 heavy (non-hydrogen) atoms. The van der Waals surface area contributed by atoms with E-state index >= 15 is 0 Å². The molecule has 0 spiro atoms. The molecule has 0 atom stereocenters. The average molecular weight is 1920 g/mol. The standard InChI is InChI=1S/3C44H28N6/c1-2-10-31(11-3-1)36-28-40(47-37-25-24-32-12-4-5-13-35(32)41(36)37)33-20-16-29(17-21-33)30-18-22-34(23-19-30)42-48-43(38-14-6-8-26-45-38)50-44(49-42)39-15-7-9-27-46-39;1-2-8-31(9-3-1)38-26-40(47-39-23-22-32-10-4-5-13-37(32)41(38)39)33-18-14-29(15-19-33)30-16-20-34(21-17-30)42-48-43(35-11-6-24-45-27-35)50-44(49-42)36-12-7-25-46-28-36;1-2-6-31(7-3-1)38-28-40(47-39-19-18-32-8-4-5-9-37(32)41(38)39)33-14-10-29(11-15-33)30-12-16-34(17-13-30)42-48-43(35-20-24-45-25-21-35)50-44(49-42)36-22-26-46-27-23-36/h3*1-28H. The van der Waals surface area contributed by atoms with Gasteiger partial charge < -0.3 is 0 Å². The van der Waals surface area contributed by atoms with Gasteiger partial charge in [-0.15, -0.1) is 0 Å². The number of rotatable bonds is 18. The highest BCUT2D eigenvalue weighted by Gasteiger charge is 2.23. The van der Waals surface area contributed by atoms with Crippen LogP contribution in [0.2, 0.25) is 0 Å². The van der Waals surface area contributed by atoms with Crippen molar-refractivity contribution in [2.45, 2.75) is 0 Å². The SMILES string of the molecule is c1ccc(-c2cc(-c3ccc(-c4ccc(-c5nc(-c6ccccn6)nc(-c6ccccn6)n5)cc4)cc3)nc3ccc4ccccc4c23)cc1.c1ccc(-c2cc(-c3ccc(-c4ccc(-c5nc(-c6cccnc6)nc(-c6cccnc6)n5)cc4)cc3)nc3ccc4ccccc4c23)cc1.c1ccc(-c2cc(-c3ccc(-c4ccc(-c5nc(-c6ccncc6)nc(-c6ccncc6)n5)cc4)cc3)nc3ccc4ccccc4c23)cc1. The Morgan fingerprint density at radius 3 is 0.647 bits per heavy atom. The Hall–Kier alpha value is -20.8. The van der Waals surface area contributed by atoms with E-state index < -0.39 is 0 Å². The summed E-state index contributed by atoms with van der Waals surface area (Å²) in [5.41, 5.74) is 30.1. The Morgan fingerprint density at radius 2 is 0.367 bits per heavy atom. The van der Waals surface area contributed by atoms with Gasteiger partial charge in [-0.05, 0) is 208 Å². The summed E-state index contributed by atoms with van der Waals surface area (Å²) in [5, 5.41) is 10.8. The van der Waals surface area contributed by atoms with Crippen LogP contribution in [0.4, 0.5) is 0 Å². The fourth-order valence-corrected chi connectivity index (χ4v) is 19.2. The molecule has 0 amide bonds. The molecule has 0 saturated heterocycles. The lowest BCUT2D eigenvalue weighted by molar-refractivity contribution is 1.05. The molecule has 0 bridgehead atoms. The molecule has 18 heteroatoms. The van der Waals surface area contributed by atoms with Gasteiger partial charge in [-0.25, -0.2) is 59.8 Å². The first kappa shape index (κ1) is 90.5. The lowest BCUT2D eigenvalue weighted by Crippen LogP contribution is -2.01. The van der Waals surface area contributed by atoms with Crippen molar-refractivity contribution in [1.29, 1.82) is 0 Å². The summed E-state index contributed by atoms with van der Waals surface area (Å²) < 4.78 is 0. The molecular weight excluding hydrogens is 1840 g/mol. The van der Waals surface area contributed by atoms with Crippen LogP contribution in [0.1, 0.15) is 0 Å². The van der Waals surface area contributed by atoms with Crippen LogP contribution in [0.25, 0.3) is 268 Å². The van der Waals surface area contributed by atoms with Crippen LogP contribution >= 0.6 is 0 Å². The Bertz CT molecular complexity index is 8530. The molecule has 0 aliphatic heterocycles. The Morgan fingerprint density at radius 1 is 0.127 bits per heavy atom. The number of fused-ring (bicyclic) bond motifs is 9. The largest absolute Gasteiger partial charge is 0.265 e. The van der Waals surface area contributed by atoms with Gasteiger partial charge in [0.1, 0.15) is 11.4 Å². The maximum absolute atomic E-state index is 5.16. The van der Waals surface area contributed by atoms with Crippen LogP contribution in [0.15, 0.2) is 511 Å². The smallest absolute Gasteiger partial charge is 0.182 e. The van der Waals surface area contributed by atoms with Crippen molar-refractivity contribution in [3.05, 3.63) is 511 Å². The molecule has 27 rings (SSSR count). The van der Waals surface area contributed by atoms with Gasteiger partial charge in [0.15, 0.2) is 52.4 Å². The summed E-state index contributed by atoms with van der Waals surface area (Å²) in [6.45, 7) is 0. The van der Waals surface area contributed by atoms with Crippen LogP contribution in [-0.2, 0) is 0 Å². The Balaban J connectivity index is 0.000000116. The van der Waals surface area contributed by atoms with Gasteiger partial charge in [0.05, 0.1) is 33.6 Å². The van der Waals surface area contributed by atoms with E-state index in [1.165, 1.54) is 81.9 Å². The summed E-state index contributed by atoms with van der Waals surface area (Å²) in [7, 11) is 0. The second-order valence-electron chi connectivity index (χ2n) is 36.1. The highest BCUT2D eigenvalue weighted by Crippen LogP contribution is 2.44. The summed E-state index contributed by atoms with van der Waals surface area (Å²) in [6, 6.07) is 154. The first-order valence-electron chi connectivity index (χ1n) is 49.3. The van der Waals surface area contributed by atoms with E-state index in [4.69, 9.17) is 59.8 Å². The van der Waals surface area contributed by atoms with Gasteiger partial charge >= 0.3 is 0 Å². The van der Waals surface area contributed by atoms with E-state index in [9.17, 15) is 0 Å². The number of benzene rings is 15. The molecule has 0 aliphatic rings. The lowest BCUT2D eigenvalue weighted by Gasteiger charge is -2.13. The number of aromatic nitrogens is 18. The molecule has 0 aliphatic carbocycles. The maximum atomic E-state index is 5.16. The van der Waals surface area contributed by atoms with Crippen molar-refractivity contribution < 1.29 is 0 Å². The van der Waals surface area contributed by atoms with E-state index in [1.54, 1.807) is 62.0 Å². The highest BCUT2D eigenvalue weighted by molar-refractivity contribution is 6.17. The molecule has 0 fully saturated rings. The van der Waals surface area contributed by atoms with Crippen LogP contribution < -0.4 is 0 Å². The molecule has 18 nitrogen and oxygen atoms in total. The minimum Gasteiger partial charge on any atom is -0.265 e. The second kappa shape index (κ2) is 40.9. The first-order chi connectivity index (χ1) is 74.3. The zero-order valence-corrected chi connectivity index (χ0v) is 80.5. The molecule has 12 heterocycles. The van der Waals surface area contributed by atoms with E-state index in [1.807, 2.05) is 97.1 Å². The monoisotopic (exact) mass is 1920 g/mol. The second-order valence-corrected chi connectivity index (χ2v) is 36.1. The van der Waals surface area contributed by atoms with Crippen LogP contribution in [0.3, 0.4) is 0 Å². The van der Waals surface area contributed by atoms with E-state index in [2.05, 4.69) is 382 Å². The van der Waals surface area contributed by atoms with Gasteiger partial charge in [0, 0.05) is 134 Å². The number of pyridine rings is 9. The van der Waals surface area contributed by atoms with Gasteiger partial charge in [0.25, 0.3) is 0 Å². The van der Waals surface area contributed by atoms with E-state index in [-0.39, 0.29) is 0 Å². The number of nitrogens with zero attached hydrogens (tertiary/aromatic N) is 18. The fraction of sp³-hybridized carbons (Fsp3) is 0. The molecule has 0 radical (unpaired) electrons. The highest BCUT2D eigenvalue weighted by atomic mass is 15.1. The topological polar surface area (TPSA) is 232 Å². The van der Waals surface area contributed by atoms with Crippen molar-refractivity contribution in [2.24, 2.45) is 0 Å². The molecule has 702 valence electrons. The quantitative estimate of drug-likeness (QED) is 0.0727. The van der Waals surface area contributed by atoms with Gasteiger partial charge in [-0.3, -0.25) is 29.9 Å². The van der Waals surface area contributed by atoms with Crippen LogP contribution in [-0.4, -0.2) is 89.7 Å². The Labute approximate surface area is 863 Å². The van der Waals surface area contributed by atoms with Gasteiger partial charge in [-0.2, -0.15) is 0 Å². The summed E-state index contributed by atoms with van der Waals surface area (Å²) in [5.74, 6) is 5.06. The third-order valence-electron chi connectivity index (χ3n) is 26.7. The van der Waals surface area contributed by atoms with Crippen LogP contribution in [0, 0.1) is 0 Å². The predicted octanol–water partition coefficient (Wildman–Crippen LogP) is 31.1. The zero-order valence-electron chi connectivity index (χ0n) is 80.5. The van der Waals surface area contributed by atoms with Crippen molar-refractivity contribution in [3.8, 4) is 203 Å². The van der Waals surface area contributed by atoms with Crippen molar-refractivity contribution >= 4 is 65.0 Å². The minimum absolute atomic E-state index is 0.502. The fourth-order valence-electron chi connectivity index (χ4n) is 19.2. The van der Waals surface area contributed by atoms with Gasteiger partial charge in [-0.1, -0.05) is 340 Å². The average Bonchev–Trinajstić information content (AvgIpc) is 0.755. The normalized spacial score (nSPS) is 11.2. The van der Waals surface area contributed by atoms with E-state index in [0.717, 1.165) is 123 Å². The molecule has 15 aromatic carbocycles. The minimum atomic E-state index is 0.502. The Kier molecular flexibility index (Phi) is 24.7. The van der Waals surface area contributed by atoms with Crippen molar-refractivity contribution in [3.63, 3.8) is 0 Å². The maximum Gasteiger partial charge on any atom is 0.182 e. The third kappa shape index (κ3) is 18.9. The summed E-state index contributed by atoms with van der Waals surface area (Å²) in [4.78, 5) is 84.4. The lowest BCUT2D eigenvalue weighted by atomic mass is 9.94. The number of hydrogen-bond acceptors (Lipinski definition) is 18. The molecule has 12 aromatic heterocycles. The third-order valence-corrected chi connectivity index (χ3v) is 26.7. The van der Waals surface area contributed by atoms with E-state index in [0.29, 0.717) is 63.8 Å². The molecule has 0 saturated carbocycles. The molecule has 0 N–H and O–H groups in total. The van der Waals surface area contributed by atoms with Crippen molar-refractivity contribution in [1.82, 2.24) is 89.7 Å². The molecule has 0 unspecified atom stereocenters. The summed E-state index contributed by atoms with van der Waals surface area (Å²) >= 11 is 0. The number of hydrogen-bond donors (Lipinski definition) is 0. The zero-order chi connectivity index (χ0) is 99.8. The first-order valence-corrected chi connectivity index (χ1v) is 49.3. The summed E-state index contributed by atoms with van der Waals surface area (Å²) in [6.07, 6.45) is 17.4.